The predicted octanol–water partition coefficient (Wildman–Crippen LogP) is 3.00. The number of carbonyl (C=O) groups is 1. The summed E-state index contributed by atoms with van der Waals surface area (Å²) in [5.74, 6) is -0.379. The summed E-state index contributed by atoms with van der Waals surface area (Å²) in [5.41, 5.74) is 7.85. The molecule has 0 radical (unpaired) electrons. The molecule has 6 nitrogen and oxygen atoms in total. The van der Waals surface area contributed by atoms with Gasteiger partial charge in [-0.2, -0.15) is 4.31 Å². The maximum atomic E-state index is 12.9. The lowest BCUT2D eigenvalue weighted by atomic mass is 10.1. The molecule has 1 fully saturated rings. The van der Waals surface area contributed by atoms with Crippen LogP contribution in [0, 0.1) is 6.92 Å². The number of aryl methyl sites for hydroxylation is 1. The number of para-hydroxylation sites is 2. The van der Waals surface area contributed by atoms with Gasteiger partial charge in [-0.15, -0.1) is 0 Å². The van der Waals surface area contributed by atoms with E-state index in [1.165, 1.54) is 10.4 Å². The number of hydrogen-bond acceptors (Lipinski definition) is 4. The Labute approximate surface area is 154 Å². The molecule has 0 aliphatic carbocycles. The third-order valence-corrected chi connectivity index (χ3v) is 6.51. The third kappa shape index (κ3) is 3.73. The van der Waals surface area contributed by atoms with Gasteiger partial charge in [0.05, 0.1) is 16.3 Å². The van der Waals surface area contributed by atoms with Crippen LogP contribution in [0.2, 0.25) is 0 Å². The molecule has 0 saturated carbocycles. The molecule has 0 aromatic heterocycles. The van der Waals surface area contributed by atoms with Gasteiger partial charge in [0.15, 0.2) is 0 Å². The van der Waals surface area contributed by atoms with Crippen molar-refractivity contribution < 1.29 is 13.2 Å². The highest BCUT2D eigenvalue weighted by molar-refractivity contribution is 7.89. The number of piperidine rings is 1. The van der Waals surface area contributed by atoms with E-state index < -0.39 is 10.0 Å². The number of sulfonamides is 1. The summed E-state index contributed by atoms with van der Waals surface area (Å²) in [6, 6.07) is 11.6. The fourth-order valence-electron chi connectivity index (χ4n) is 3.06. The lowest BCUT2D eigenvalue weighted by Gasteiger charge is -2.26. The van der Waals surface area contributed by atoms with Gasteiger partial charge < -0.3 is 11.1 Å². The highest BCUT2D eigenvalue weighted by Gasteiger charge is 2.27. The molecule has 0 spiro atoms. The number of carbonyl (C=O) groups excluding carboxylic acids is 1. The quantitative estimate of drug-likeness (QED) is 0.806. The van der Waals surface area contributed by atoms with E-state index in [1.54, 1.807) is 43.3 Å². The van der Waals surface area contributed by atoms with Crippen LogP contribution in [0.25, 0.3) is 0 Å². The average molecular weight is 373 g/mol. The topological polar surface area (TPSA) is 92.5 Å². The Hall–Kier alpha value is -2.38. The van der Waals surface area contributed by atoms with Gasteiger partial charge >= 0.3 is 0 Å². The number of nitrogens with zero attached hydrogens (tertiary/aromatic N) is 1. The largest absolute Gasteiger partial charge is 0.397 e. The molecule has 1 aliphatic rings. The molecular weight excluding hydrogens is 350 g/mol. The Bertz CT molecular complexity index is 919. The fourth-order valence-corrected chi connectivity index (χ4v) is 4.60. The van der Waals surface area contributed by atoms with Gasteiger partial charge in [-0.25, -0.2) is 8.42 Å². The smallest absolute Gasteiger partial charge is 0.256 e. The van der Waals surface area contributed by atoms with Crippen LogP contribution < -0.4 is 11.1 Å². The number of amides is 1. The maximum Gasteiger partial charge on any atom is 0.256 e. The summed E-state index contributed by atoms with van der Waals surface area (Å²) in [6.07, 6.45) is 2.78. The van der Waals surface area contributed by atoms with Gasteiger partial charge in [0, 0.05) is 18.7 Å². The van der Waals surface area contributed by atoms with E-state index >= 15 is 0 Å². The first kappa shape index (κ1) is 18.4. The molecule has 3 N–H and O–H groups in total. The van der Waals surface area contributed by atoms with Crippen LogP contribution in [0.4, 0.5) is 11.4 Å². The monoisotopic (exact) mass is 373 g/mol. The van der Waals surface area contributed by atoms with Crippen molar-refractivity contribution in [3.63, 3.8) is 0 Å². The molecule has 26 heavy (non-hydrogen) atoms. The molecule has 1 amide bonds. The number of anilines is 2. The first-order valence-electron chi connectivity index (χ1n) is 8.66. The van der Waals surface area contributed by atoms with Crippen molar-refractivity contribution in [3.05, 3.63) is 53.6 Å². The van der Waals surface area contributed by atoms with Crippen molar-refractivity contribution in [2.24, 2.45) is 0 Å². The first-order chi connectivity index (χ1) is 12.4. The highest BCUT2D eigenvalue weighted by Crippen LogP contribution is 2.24. The van der Waals surface area contributed by atoms with Crippen molar-refractivity contribution in [2.75, 3.05) is 24.1 Å². The summed E-state index contributed by atoms with van der Waals surface area (Å²) < 4.78 is 27.2. The summed E-state index contributed by atoms with van der Waals surface area (Å²) in [4.78, 5) is 12.8. The van der Waals surface area contributed by atoms with Gasteiger partial charge in [0.1, 0.15) is 0 Å². The van der Waals surface area contributed by atoms with Gasteiger partial charge in [-0.3, -0.25) is 4.79 Å². The zero-order chi connectivity index (χ0) is 18.7. The number of rotatable bonds is 4. The van der Waals surface area contributed by atoms with E-state index in [2.05, 4.69) is 5.32 Å². The molecule has 1 heterocycles. The second-order valence-electron chi connectivity index (χ2n) is 6.48. The molecule has 2 aromatic rings. The van der Waals surface area contributed by atoms with Gasteiger partial charge in [-0.05, 0) is 49.6 Å². The summed E-state index contributed by atoms with van der Waals surface area (Å²) >= 11 is 0. The number of benzene rings is 2. The molecule has 1 saturated heterocycles. The Morgan fingerprint density at radius 3 is 2.46 bits per heavy atom. The normalized spacial score (nSPS) is 15.6. The van der Waals surface area contributed by atoms with Gasteiger partial charge in [0.2, 0.25) is 10.0 Å². The van der Waals surface area contributed by atoms with E-state index in [9.17, 15) is 13.2 Å². The zero-order valence-electron chi connectivity index (χ0n) is 14.7. The van der Waals surface area contributed by atoms with Crippen LogP contribution in [0.1, 0.15) is 35.2 Å². The minimum atomic E-state index is -3.59. The lowest BCUT2D eigenvalue weighted by Crippen LogP contribution is -2.35. The number of nitrogens with two attached hydrogens (primary N) is 1. The Morgan fingerprint density at radius 2 is 1.77 bits per heavy atom. The summed E-state index contributed by atoms with van der Waals surface area (Å²) in [6.45, 7) is 2.83. The van der Waals surface area contributed by atoms with Crippen LogP contribution in [0.5, 0.6) is 0 Å². The van der Waals surface area contributed by atoms with Crippen LogP contribution in [0.15, 0.2) is 47.4 Å². The molecular formula is C19H23N3O3S. The molecule has 138 valence electrons. The SMILES string of the molecule is Cc1ccc(S(=O)(=O)N2CCCCC2)cc1C(=O)Nc1ccccc1N. The average Bonchev–Trinajstić information content (AvgIpc) is 2.64. The van der Waals surface area contributed by atoms with E-state index in [-0.39, 0.29) is 10.8 Å². The third-order valence-electron chi connectivity index (χ3n) is 4.62. The number of hydrogen-bond donors (Lipinski definition) is 2. The van der Waals surface area contributed by atoms with Crippen molar-refractivity contribution in [1.29, 1.82) is 0 Å². The van der Waals surface area contributed by atoms with Crippen molar-refractivity contribution in [2.45, 2.75) is 31.1 Å². The molecule has 3 rings (SSSR count). The van der Waals surface area contributed by atoms with Crippen molar-refractivity contribution >= 4 is 27.3 Å². The zero-order valence-corrected chi connectivity index (χ0v) is 15.6. The maximum absolute atomic E-state index is 12.9. The van der Waals surface area contributed by atoms with Crippen molar-refractivity contribution in [1.82, 2.24) is 4.31 Å². The molecule has 0 atom stereocenters. The number of nitrogen functional groups attached to an aromatic ring is 1. The molecule has 2 aromatic carbocycles. The van der Waals surface area contributed by atoms with Crippen LogP contribution >= 0.6 is 0 Å². The first-order valence-corrected chi connectivity index (χ1v) is 10.1. The molecule has 1 aliphatic heterocycles. The van der Waals surface area contributed by atoms with E-state index in [0.29, 0.717) is 35.6 Å². The van der Waals surface area contributed by atoms with E-state index in [0.717, 1.165) is 19.3 Å². The molecule has 7 heteroatoms. The number of nitrogens with one attached hydrogen (secondary N) is 1. The lowest BCUT2D eigenvalue weighted by molar-refractivity contribution is 0.102. The second-order valence-corrected chi connectivity index (χ2v) is 8.42. The Morgan fingerprint density at radius 1 is 1.08 bits per heavy atom. The Balaban J connectivity index is 1.90. The Kier molecular flexibility index (Phi) is 5.29. The van der Waals surface area contributed by atoms with Gasteiger partial charge in [0.25, 0.3) is 5.91 Å². The standard InChI is InChI=1S/C19H23N3O3S/c1-14-9-10-15(26(24,25)22-11-5-2-6-12-22)13-16(14)19(23)21-18-8-4-3-7-17(18)20/h3-4,7-10,13H,2,5-6,11-12,20H2,1H3,(H,21,23). The van der Waals surface area contributed by atoms with E-state index in [1.807, 2.05) is 0 Å². The van der Waals surface area contributed by atoms with Crippen LogP contribution in [-0.4, -0.2) is 31.7 Å². The highest BCUT2D eigenvalue weighted by atomic mass is 32.2. The van der Waals surface area contributed by atoms with Crippen LogP contribution in [0.3, 0.4) is 0 Å². The second kappa shape index (κ2) is 7.47. The minimum absolute atomic E-state index is 0.149. The predicted molar refractivity (Wildman–Crippen MR) is 103 cm³/mol. The van der Waals surface area contributed by atoms with Crippen LogP contribution in [-0.2, 0) is 10.0 Å². The summed E-state index contributed by atoms with van der Waals surface area (Å²) in [7, 11) is -3.59. The summed E-state index contributed by atoms with van der Waals surface area (Å²) in [5, 5.41) is 2.75. The fraction of sp³-hybridized carbons (Fsp3) is 0.316. The van der Waals surface area contributed by atoms with Gasteiger partial charge in [-0.1, -0.05) is 24.6 Å². The molecule has 0 unspecified atom stereocenters. The molecule has 0 bridgehead atoms. The van der Waals surface area contributed by atoms with E-state index in [4.69, 9.17) is 5.73 Å². The van der Waals surface area contributed by atoms with Crippen molar-refractivity contribution in [3.8, 4) is 0 Å². The minimum Gasteiger partial charge on any atom is -0.397 e.